The highest BCUT2D eigenvalue weighted by molar-refractivity contribution is 7.98. The smallest absolute Gasteiger partial charge is 0.326 e. The van der Waals surface area contributed by atoms with Gasteiger partial charge in [-0.25, -0.2) is 9.78 Å². The highest BCUT2D eigenvalue weighted by atomic mass is 32.2. The zero-order chi connectivity index (χ0) is 26.8. The number of nitrogens with zero attached hydrogens (tertiary/aromatic N) is 1. The minimum absolute atomic E-state index is 0.0691. The maximum Gasteiger partial charge on any atom is 0.326 e. The lowest BCUT2D eigenvalue weighted by Gasteiger charge is -2.21. The number of imidazole rings is 1. The van der Waals surface area contributed by atoms with Crippen molar-refractivity contribution in [2.75, 3.05) is 18.6 Å². The first-order valence-corrected chi connectivity index (χ1v) is 13.0. The molecule has 3 aromatic rings. The van der Waals surface area contributed by atoms with Gasteiger partial charge in [0, 0.05) is 41.8 Å². The van der Waals surface area contributed by atoms with E-state index in [1.54, 1.807) is 12.4 Å². The lowest BCUT2D eigenvalue weighted by Crippen LogP contribution is -2.54. The lowest BCUT2D eigenvalue weighted by molar-refractivity contribution is -0.141. The van der Waals surface area contributed by atoms with E-state index in [0.29, 0.717) is 17.9 Å². The van der Waals surface area contributed by atoms with Crippen LogP contribution in [0.5, 0.6) is 0 Å². The number of amides is 3. The van der Waals surface area contributed by atoms with Crippen molar-refractivity contribution in [3.8, 4) is 0 Å². The standard InChI is InChI=1S/C24H31N7O5S/c1-37-7-6-19(31-22(33)17(25)9-15-11-26-13-29-15)23(34)28-12-21(32)30-20(24(35)36)8-14-10-27-18-5-3-2-4-16(14)18/h2-5,10-11,13,17,19-20,27H,6-9,12,25H2,1H3,(H,26,29)(H,28,34)(H,30,32)(H,31,33)(H,35,36). The molecule has 0 aliphatic carbocycles. The van der Waals surface area contributed by atoms with Gasteiger partial charge in [0.05, 0.1) is 18.9 Å². The van der Waals surface area contributed by atoms with Crippen molar-refractivity contribution in [2.24, 2.45) is 5.73 Å². The summed E-state index contributed by atoms with van der Waals surface area (Å²) in [7, 11) is 0. The molecule has 1 aromatic carbocycles. The van der Waals surface area contributed by atoms with E-state index >= 15 is 0 Å². The Balaban J connectivity index is 1.54. The Morgan fingerprint density at radius 2 is 1.86 bits per heavy atom. The summed E-state index contributed by atoms with van der Waals surface area (Å²) in [5.41, 5.74) is 8.26. The molecule has 3 rings (SSSR count). The molecule has 0 radical (unpaired) electrons. The summed E-state index contributed by atoms with van der Waals surface area (Å²) in [6, 6.07) is 4.47. The SMILES string of the molecule is CSCCC(NC(=O)C(N)Cc1cnc[nH]1)C(=O)NCC(=O)NC(Cc1c[nH]c2ccccc12)C(=O)O. The Bertz CT molecular complexity index is 1210. The van der Waals surface area contributed by atoms with Crippen LogP contribution in [0.1, 0.15) is 17.7 Å². The van der Waals surface area contributed by atoms with E-state index in [0.717, 1.165) is 16.5 Å². The van der Waals surface area contributed by atoms with Gasteiger partial charge in [-0.3, -0.25) is 14.4 Å². The molecule has 2 aromatic heterocycles. The number of thioether (sulfide) groups is 1. The molecule has 3 unspecified atom stereocenters. The van der Waals surface area contributed by atoms with Crippen LogP contribution in [-0.2, 0) is 32.0 Å². The number of aliphatic carboxylic acids is 1. The number of hydrogen-bond acceptors (Lipinski definition) is 7. The molecule has 0 fully saturated rings. The fraction of sp³-hybridized carbons (Fsp3) is 0.375. The molecule has 198 valence electrons. The van der Waals surface area contributed by atoms with Crippen LogP contribution in [0.4, 0.5) is 0 Å². The van der Waals surface area contributed by atoms with Crippen molar-refractivity contribution in [1.29, 1.82) is 0 Å². The summed E-state index contributed by atoms with van der Waals surface area (Å²) < 4.78 is 0. The van der Waals surface area contributed by atoms with Crippen LogP contribution in [0.2, 0.25) is 0 Å². The molecule has 0 aliphatic rings. The number of H-pyrrole nitrogens is 2. The van der Waals surface area contributed by atoms with Gasteiger partial charge in [-0.15, -0.1) is 0 Å². The zero-order valence-electron chi connectivity index (χ0n) is 20.3. The molecule has 0 saturated carbocycles. The Morgan fingerprint density at radius 3 is 2.57 bits per heavy atom. The van der Waals surface area contributed by atoms with Crippen LogP contribution in [0.25, 0.3) is 10.9 Å². The van der Waals surface area contributed by atoms with Crippen molar-refractivity contribution >= 4 is 46.4 Å². The van der Waals surface area contributed by atoms with E-state index < -0.39 is 48.4 Å². The zero-order valence-corrected chi connectivity index (χ0v) is 21.1. The number of nitrogens with two attached hydrogens (primary N) is 1. The average Bonchev–Trinajstić information content (AvgIpc) is 3.54. The number of fused-ring (bicyclic) bond motifs is 1. The molecule has 37 heavy (non-hydrogen) atoms. The van der Waals surface area contributed by atoms with E-state index in [2.05, 4.69) is 30.9 Å². The van der Waals surface area contributed by atoms with Gasteiger partial charge in [-0.05, 0) is 30.1 Å². The maximum atomic E-state index is 12.8. The van der Waals surface area contributed by atoms with Crippen molar-refractivity contribution < 1.29 is 24.3 Å². The number of carbonyl (C=O) groups excluding carboxylic acids is 3. The van der Waals surface area contributed by atoms with E-state index in [-0.39, 0.29) is 12.8 Å². The van der Waals surface area contributed by atoms with E-state index in [4.69, 9.17) is 5.73 Å². The number of benzene rings is 1. The number of nitrogens with one attached hydrogen (secondary N) is 5. The number of carboxylic acid groups (broad SMARTS) is 1. The van der Waals surface area contributed by atoms with Crippen LogP contribution in [0.15, 0.2) is 43.0 Å². The molecule has 0 aliphatic heterocycles. The molecule has 3 atom stereocenters. The van der Waals surface area contributed by atoms with Gasteiger partial charge in [0.1, 0.15) is 12.1 Å². The number of hydrogen-bond donors (Lipinski definition) is 7. The monoisotopic (exact) mass is 529 g/mol. The van der Waals surface area contributed by atoms with Crippen LogP contribution in [0, 0.1) is 0 Å². The van der Waals surface area contributed by atoms with Gasteiger partial charge in [0.2, 0.25) is 17.7 Å². The van der Waals surface area contributed by atoms with Gasteiger partial charge < -0.3 is 36.8 Å². The van der Waals surface area contributed by atoms with Crippen LogP contribution in [-0.4, -0.2) is 80.4 Å². The topological polar surface area (TPSA) is 195 Å². The lowest BCUT2D eigenvalue weighted by atomic mass is 10.0. The summed E-state index contributed by atoms with van der Waals surface area (Å²) >= 11 is 1.50. The molecule has 13 heteroatoms. The van der Waals surface area contributed by atoms with Gasteiger partial charge in [-0.1, -0.05) is 18.2 Å². The normalized spacial score (nSPS) is 13.5. The predicted molar refractivity (Wildman–Crippen MR) is 140 cm³/mol. The Kier molecular flexibility index (Phi) is 10.1. The summed E-state index contributed by atoms with van der Waals surface area (Å²) in [6.45, 7) is -0.442. The predicted octanol–water partition coefficient (Wildman–Crippen LogP) is -0.0730. The molecular formula is C24H31N7O5S. The summed E-state index contributed by atoms with van der Waals surface area (Å²) in [5, 5.41) is 18.1. The second-order valence-electron chi connectivity index (χ2n) is 8.47. The largest absolute Gasteiger partial charge is 0.480 e. The number of rotatable bonds is 14. The summed E-state index contributed by atoms with van der Waals surface area (Å²) in [6.07, 6.45) is 7.24. The Labute approximate surface area is 217 Å². The third kappa shape index (κ3) is 8.08. The second-order valence-corrected chi connectivity index (χ2v) is 9.46. The minimum atomic E-state index is -1.19. The first-order valence-electron chi connectivity index (χ1n) is 11.7. The average molecular weight is 530 g/mol. The highest BCUT2D eigenvalue weighted by Crippen LogP contribution is 2.19. The molecule has 3 amide bonds. The first-order chi connectivity index (χ1) is 17.8. The van der Waals surface area contributed by atoms with Crippen LogP contribution >= 0.6 is 11.8 Å². The van der Waals surface area contributed by atoms with Gasteiger partial charge in [0.25, 0.3) is 0 Å². The number of aromatic nitrogens is 3. The Morgan fingerprint density at radius 1 is 1.08 bits per heavy atom. The third-order valence-corrected chi connectivity index (χ3v) is 6.37. The van der Waals surface area contributed by atoms with E-state index in [1.807, 2.05) is 30.5 Å². The highest BCUT2D eigenvalue weighted by Gasteiger charge is 2.26. The first kappa shape index (κ1) is 27.7. The quantitative estimate of drug-likeness (QED) is 0.151. The van der Waals surface area contributed by atoms with Crippen molar-refractivity contribution in [3.63, 3.8) is 0 Å². The molecule has 8 N–H and O–H groups in total. The fourth-order valence-electron chi connectivity index (χ4n) is 3.77. The molecule has 0 bridgehead atoms. The van der Waals surface area contributed by atoms with Gasteiger partial charge in [-0.2, -0.15) is 11.8 Å². The fourth-order valence-corrected chi connectivity index (χ4v) is 4.24. The van der Waals surface area contributed by atoms with Crippen LogP contribution in [0.3, 0.4) is 0 Å². The number of carbonyl (C=O) groups is 4. The molecule has 12 nitrogen and oxygen atoms in total. The number of para-hydroxylation sites is 1. The molecule has 2 heterocycles. The number of carboxylic acids is 1. The van der Waals surface area contributed by atoms with Gasteiger partial charge >= 0.3 is 5.97 Å². The van der Waals surface area contributed by atoms with E-state index in [9.17, 15) is 24.3 Å². The van der Waals surface area contributed by atoms with Crippen molar-refractivity contribution in [1.82, 2.24) is 30.9 Å². The molecule has 0 saturated heterocycles. The summed E-state index contributed by atoms with van der Waals surface area (Å²) in [4.78, 5) is 59.4. The maximum absolute atomic E-state index is 12.8. The van der Waals surface area contributed by atoms with Crippen molar-refractivity contribution in [3.05, 3.63) is 54.2 Å². The second kappa shape index (κ2) is 13.5. The minimum Gasteiger partial charge on any atom is -0.480 e. The number of aromatic amines is 2. The molecular weight excluding hydrogens is 498 g/mol. The van der Waals surface area contributed by atoms with Gasteiger partial charge in [0.15, 0.2) is 0 Å². The van der Waals surface area contributed by atoms with Crippen LogP contribution < -0.4 is 21.7 Å². The summed E-state index contributed by atoms with van der Waals surface area (Å²) in [5.74, 6) is -2.33. The molecule has 0 spiro atoms. The van der Waals surface area contributed by atoms with E-state index in [1.165, 1.54) is 18.1 Å². The third-order valence-electron chi connectivity index (χ3n) is 5.73. The Hall–Kier alpha value is -3.84. The van der Waals surface area contributed by atoms with Crippen molar-refractivity contribution in [2.45, 2.75) is 37.4 Å².